The Balaban J connectivity index is 0.00000192. The minimum atomic E-state index is -0.772. The van der Waals surface area contributed by atoms with E-state index < -0.39 is 5.54 Å². The summed E-state index contributed by atoms with van der Waals surface area (Å²) in [5.74, 6) is 0.223. The molecule has 1 aliphatic heterocycles. The number of nitrogens with two attached hydrogens (primary N) is 1. The molecule has 3 fully saturated rings. The molecule has 3 rings (SSSR count). The lowest BCUT2D eigenvalue weighted by Crippen LogP contribution is -2.82. The van der Waals surface area contributed by atoms with Gasteiger partial charge in [-0.05, 0) is 37.5 Å². The van der Waals surface area contributed by atoms with E-state index in [2.05, 4.69) is 26.1 Å². The predicted octanol–water partition coefficient (Wildman–Crippen LogP) is 3.03. The zero-order valence-electron chi connectivity index (χ0n) is 14.8. The van der Waals surface area contributed by atoms with Gasteiger partial charge >= 0.3 is 0 Å². The molecule has 3 N–H and O–H groups in total. The van der Waals surface area contributed by atoms with E-state index in [-0.39, 0.29) is 35.8 Å². The maximum Gasteiger partial charge on any atom is 0.241 e. The molecule has 1 heterocycles. The second-order valence-electron chi connectivity index (χ2n) is 8.37. The maximum absolute atomic E-state index is 12.9. The standard InChI is InChI=1S/C18H32N2O2.ClH/c1-4-17(9-5-6-10-17)12-20-15(21)18(19)13-8-7-11-22-14(13)16(18,2)3;/h13-14H,4-12,19H2,1-3H3,(H,20,21);1H. The van der Waals surface area contributed by atoms with Gasteiger partial charge in [0, 0.05) is 24.5 Å². The first-order chi connectivity index (χ1) is 10.4. The van der Waals surface area contributed by atoms with Crippen LogP contribution >= 0.6 is 12.4 Å². The summed E-state index contributed by atoms with van der Waals surface area (Å²) >= 11 is 0. The molecular formula is C18H33ClN2O2. The number of carbonyl (C=O) groups is 1. The number of carbonyl (C=O) groups excluding carboxylic acids is 1. The van der Waals surface area contributed by atoms with Gasteiger partial charge in [0.15, 0.2) is 0 Å². The molecular weight excluding hydrogens is 312 g/mol. The van der Waals surface area contributed by atoms with Crippen molar-refractivity contribution in [1.29, 1.82) is 0 Å². The van der Waals surface area contributed by atoms with Crippen molar-refractivity contribution in [2.24, 2.45) is 22.5 Å². The van der Waals surface area contributed by atoms with Crippen LogP contribution in [0.25, 0.3) is 0 Å². The van der Waals surface area contributed by atoms with Gasteiger partial charge in [-0.15, -0.1) is 12.4 Å². The van der Waals surface area contributed by atoms with Crippen LogP contribution in [0, 0.1) is 16.7 Å². The van der Waals surface area contributed by atoms with Crippen LogP contribution in [-0.2, 0) is 9.53 Å². The number of fused-ring (bicyclic) bond motifs is 1. The number of nitrogens with one attached hydrogen (secondary N) is 1. The van der Waals surface area contributed by atoms with E-state index in [1.54, 1.807) is 0 Å². The fourth-order valence-corrected chi connectivity index (χ4v) is 5.23. The minimum absolute atomic E-state index is 0. The van der Waals surface area contributed by atoms with E-state index in [0.717, 1.165) is 32.4 Å². The molecule has 2 saturated carbocycles. The zero-order chi connectivity index (χ0) is 16.0. The van der Waals surface area contributed by atoms with Crippen LogP contribution < -0.4 is 11.1 Å². The Hall–Kier alpha value is -0.320. The second kappa shape index (κ2) is 6.53. The number of halogens is 1. The molecule has 0 aromatic carbocycles. The van der Waals surface area contributed by atoms with E-state index in [0.29, 0.717) is 5.41 Å². The van der Waals surface area contributed by atoms with Crippen molar-refractivity contribution in [3.8, 4) is 0 Å². The first-order valence-electron chi connectivity index (χ1n) is 9.06. The average molecular weight is 345 g/mol. The smallest absolute Gasteiger partial charge is 0.241 e. The molecule has 0 aromatic heterocycles. The molecule has 0 aromatic rings. The largest absolute Gasteiger partial charge is 0.377 e. The fourth-order valence-electron chi connectivity index (χ4n) is 5.23. The van der Waals surface area contributed by atoms with Crippen molar-refractivity contribution in [2.75, 3.05) is 13.2 Å². The summed E-state index contributed by atoms with van der Waals surface area (Å²) in [5.41, 5.74) is 5.91. The molecule has 3 aliphatic rings. The summed E-state index contributed by atoms with van der Waals surface area (Å²) < 4.78 is 5.90. The maximum atomic E-state index is 12.9. The molecule has 23 heavy (non-hydrogen) atoms. The third-order valence-electron chi connectivity index (χ3n) is 7.10. The van der Waals surface area contributed by atoms with Crippen molar-refractivity contribution in [2.45, 2.75) is 77.4 Å². The molecule has 3 atom stereocenters. The van der Waals surface area contributed by atoms with Gasteiger partial charge in [-0.3, -0.25) is 4.79 Å². The summed E-state index contributed by atoms with van der Waals surface area (Å²) in [5, 5.41) is 3.23. The molecule has 3 unspecified atom stereocenters. The van der Waals surface area contributed by atoms with Crippen molar-refractivity contribution in [3.63, 3.8) is 0 Å². The van der Waals surface area contributed by atoms with Gasteiger partial charge in [-0.25, -0.2) is 0 Å². The summed E-state index contributed by atoms with van der Waals surface area (Å²) in [6.45, 7) is 8.01. The molecule has 4 nitrogen and oxygen atoms in total. The Labute approximate surface area is 146 Å². The van der Waals surface area contributed by atoms with E-state index in [1.807, 2.05) is 0 Å². The molecule has 0 bridgehead atoms. The van der Waals surface area contributed by atoms with Crippen molar-refractivity contribution < 1.29 is 9.53 Å². The van der Waals surface area contributed by atoms with E-state index in [9.17, 15) is 4.79 Å². The van der Waals surface area contributed by atoms with Crippen LogP contribution in [0.1, 0.15) is 65.7 Å². The van der Waals surface area contributed by atoms with Gasteiger partial charge in [0.2, 0.25) is 5.91 Å². The molecule has 5 heteroatoms. The van der Waals surface area contributed by atoms with Gasteiger partial charge in [0.25, 0.3) is 0 Å². The lowest BCUT2D eigenvalue weighted by molar-refractivity contribution is -0.225. The molecule has 0 spiro atoms. The Morgan fingerprint density at radius 1 is 1.26 bits per heavy atom. The quantitative estimate of drug-likeness (QED) is 0.823. The van der Waals surface area contributed by atoms with Gasteiger partial charge in [-0.1, -0.05) is 33.6 Å². The molecule has 0 radical (unpaired) electrons. The summed E-state index contributed by atoms with van der Waals surface area (Å²) in [6.07, 6.45) is 8.37. The first-order valence-corrected chi connectivity index (χ1v) is 9.06. The lowest BCUT2D eigenvalue weighted by Gasteiger charge is -2.65. The highest BCUT2D eigenvalue weighted by Gasteiger charge is 2.70. The Kier molecular flexibility index (Phi) is 5.40. The van der Waals surface area contributed by atoms with Gasteiger partial charge in [0.05, 0.1) is 6.10 Å². The minimum Gasteiger partial charge on any atom is -0.377 e. The summed E-state index contributed by atoms with van der Waals surface area (Å²) in [6, 6.07) is 0. The van der Waals surface area contributed by atoms with Gasteiger partial charge < -0.3 is 15.8 Å². The monoisotopic (exact) mass is 344 g/mol. The lowest BCUT2D eigenvalue weighted by atomic mass is 9.46. The highest BCUT2D eigenvalue weighted by atomic mass is 35.5. The molecule has 1 saturated heterocycles. The number of hydrogen-bond acceptors (Lipinski definition) is 3. The van der Waals surface area contributed by atoms with E-state index in [1.165, 1.54) is 25.7 Å². The molecule has 134 valence electrons. The number of hydrogen-bond donors (Lipinski definition) is 2. The topological polar surface area (TPSA) is 64.4 Å². The van der Waals surface area contributed by atoms with Crippen LogP contribution in [0.2, 0.25) is 0 Å². The normalized spacial score (nSPS) is 37.2. The number of rotatable bonds is 4. The number of ether oxygens (including phenoxy) is 1. The summed E-state index contributed by atoms with van der Waals surface area (Å²) in [7, 11) is 0. The fraction of sp³-hybridized carbons (Fsp3) is 0.944. The molecule has 1 amide bonds. The van der Waals surface area contributed by atoms with Crippen molar-refractivity contribution >= 4 is 18.3 Å². The third kappa shape index (κ3) is 2.71. The van der Waals surface area contributed by atoms with Crippen molar-refractivity contribution in [3.05, 3.63) is 0 Å². The number of amides is 1. The zero-order valence-corrected chi connectivity index (χ0v) is 15.6. The Morgan fingerprint density at radius 3 is 2.52 bits per heavy atom. The second-order valence-corrected chi connectivity index (χ2v) is 8.37. The Bertz CT molecular complexity index is 448. The van der Waals surface area contributed by atoms with E-state index >= 15 is 0 Å². The molecule has 2 aliphatic carbocycles. The van der Waals surface area contributed by atoms with Gasteiger partial charge in [-0.2, -0.15) is 0 Å². The van der Waals surface area contributed by atoms with Crippen LogP contribution in [0.15, 0.2) is 0 Å². The van der Waals surface area contributed by atoms with Crippen molar-refractivity contribution in [1.82, 2.24) is 5.32 Å². The van der Waals surface area contributed by atoms with E-state index in [4.69, 9.17) is 10.5 Å². The van der Waals surface area contributed by atoms with Gasteiger partial charge in [0.1, 0.15) is 5.54 Å². The van der Waals surface area contributed by atoms with Crippen LogP contribution in [0.5, 0.6) is 0 Å². The third-order valence-corrected chi connectivity index (χ3v) is 7.10. The summed E-state index contributed by atoms with van der Waals surface area (Å²) in [4.78, 5) is 12.9. The average Bonchev–Trinajstić information content (AvgIpc) is 3.01. The highest BCUT2D eigenvalue weighted by Crippen LogP contribution is 2.57. The SMILES string of the molecule is CCC1(CNC(=O)C2(N)C3CCCOC3C2(C)C)CCCC1.Cl. The predicted molar refractivity (Wildman–Crippen MR) is 94.6 cm³/mol. The first kappa shape index (κ1) is 19.0. The van der Waals surface area contributed by atoms with Crippen LogP contribution in [-0.4, -0.2) is 30.7 Å². The van der Waals surface area contributed by atoms with Crippen LogP contribution in [0.3, 0.4) is 0 Å². The highest BCUT2D eigenvalue weighted by molar-refractivity contribution is 5.89. The van der Waals surface area contributed by atoms with Crippen LogP contribution in [0.4, 0.5) is 0 Å². The Morgan fingerprint density at radius 2 is 1.91 bits per heavy atom.